The molecule has 1 aromatic heterocycles. The lowest BCUT2D eigenvalue weighted by Crippen LogP contribution is -2.30. The summed E-state index contributed by atoms with van der Waals surface area (Å²) in [5.74, 6) is 1.06. The van der Waals surface area contributed by atoms with Crippen LogP contribution in [0.3, 0.4) is 0 Å². The van der Waals surface area contributed by atoms with E-state index in [1.807, 2.05) is 0 Å². The van der Waals surface area contributed by atoms with Crippen molar-refractivity contribution >= 4 is 11.6 Å². The highest BCUT2D eigenvalue weighted by Crippen LogP contribution is 2.30. The Bertz CT molecular complexity index is 456. The largest absolute Gasteiger partial charge is 0.474 e. The molecule has 2 rings (SSSR count). The maximum absolute atomic E-state index is 8.90. The number of pyridine rings is 1. The van der Waals surface area contributed by atoms with Crippen LogP contribution in [0.4, 0.5) is 0 Å². The van der Waals surface area contributed by atoms with E-state index in [9.17, 15) is 0 Å². The number of ether oxygens (including phenoxy) is 1. The molecule has 2 unspecified atom stereocenters. The second kappa shape index (κ2) is 6.06. The third-order valence-electron chi connectivity index (χ3n) is 3.54. The Balaban J connectivity index is 2.12. The fraction of sp³-hybridized carbons (Fsp3) is 0.571. The highest BCUT2D eigenvalue weighted by atomic mass is 35.5. The molecule has 1 aromatic rings. The standard InChI is InChI=1S/C14H17ClN2O/c1-2-11-5-3-4-6-12(11)18-14-8-10(9-16)7-13(15)17-14/h7-8,11-12H,2-6H2,1H3. The molecule has 1 heterocycles. The van der Waals surface area contributed by atoms with E-state index in [1.54, 1.807) is 12.1 Å². The van der Waals surface area contributed by atoms with Crippen LogP contribution in [0.15, 0.2) is 12.1 Å². The molecular formula is C14H17ClN2O. The summed E-state index contributed by atoms with van der Waals surface area (Å²) in [6.07, 6.45) is 6.09. The van der Waals surface area contributed by atoms with Gasteiger partial charge >= 0.3 is 0 Å². The van der Waals surface area contributed by atoms with Crippen molar-refractivity contribution in [1.82, 2.24) is 4.98 Å². The first-order valence-corrected chi connectivity index (χ1v) is 6.85. The number of hydrogen-bond donors (Lipinski definition) is 0. The Hall–Kier alpha value is -1.27. The van der Waals surface area contributed by atoms with Crippen molar-refractivity contribution in [2.24, 2.45) is 5.92 Å². The summed E-state index contributed by atoms with van der Waals surface area (Å²) in [7, 11) is 0. The molecule has 1 fully saturated rings. The average Bonchev–Trinajstić information content (AvgIpc) is 2.38. The predicted octanol–water partition coefficient (Wildman–Crippen LogP) is 3.95. The van der Waals surface area contributed by atoms with Crippen LogP contribution in [-0.2, 0) is 0 Å². The number of halogens is 1. The van der Waals surface area contributed by atoms with Crippen molar-refractivity contribution in [3.8, 4) is 11.9 Å². The van der Waals surface area contributed by atoms with Crippen molar-refractivity contribution in [3.05, 3.63) is 22.8 Å². The van der Waals surface area contributed by atoms with Crippen LogP contribution >= 0.6 is 11.6 Å². The van der Waals surface area contributed by atoms with E-state index in [0.717, 1.165) is 12.8 Å². The third kappa shape index (κ3) is 3.14. The lowest BCUT2D eigenvalue weighted by Gasteiger charge is -2.30. The quantitative estimate of drug-likeness (QED) is 0.777. The molecule has 96 valence electrons. The smallest absolute Gasteiger partial charge is 0.216 e. The van der Waals surface area contributed by atoms with Gasteiger partial charge in [-0.15, -0.1) is 0 Å². The first kappa shape index (κ1) is 13.2. The molecule has 0 aliphatic heterocycles. The van der Waals surface area contributed by atoms with Gasteiger partial charge in [0.25, 0.3) is 0 Å². The molecule has 0 saturated heterocycles. The van der Waals surface area contributed by atoms with E-state index in [1.165, 1.54) is 19.3 Å². The molecule has 0 radical (unpaired) electrons. The second-order valence-electron chi connectivity index (χ2n) is 4.74. The van der Waals surface area contributed by atoms with Gasteiger partial charge in [0.1, 0.15) is 11.3 Å². The summed E-state index contributed by atoms with van der Waals surface area (Å²) in [4.78, 5) is 4.14. The van der Waals surface area contributed by atoms with Crippen molar-refractivity contribution in [3.63, 3.8) is 0 Å². The van der Waals surface area contributed by atoms with Gasteiger partial charge in [-0.3, -0.25) is 0 Å². The highest BCUT2D eigenvalue weighted by Gasteiger charge is 2.25. The fourth-order valence-corrected chi connectivity index (χ4v) is 2.75. The molecule has 0 N–H and O–H groups in total. The number of aromatic nitrogens is 1. The van der Waals surface area contributed by atoms with Gasteiger partial charge in [0, 0.05) is 6.07 Å². The van der Waals surface area contributed by atoms with Crippen LogP contribution in [0.2, 0.25) is 5.15 Å². The molecule has 0 aromatic carbocycles. The molecule has 2 atom stereocenters. The van der Waals surface area contributed by atoms with Crippen LogP contribution < -0.4 is 4.74 Å². The Morgan fingerprint density at radius 1 is 1.44 bits per heavy atom. The number of hydrogen-bond acceptors (Lipinski definition) is 3. The maximum Gasteiger partial charge on any atom is 0.216 e. The van der Waals surface area contributed by atoms with Crippen LogP contribution in [0.1, 0.15) is 44.6 Å². The van der Waals surface area contributed by atoms with Crippen molar-refractivity contribution in [2.75, 3.05) is 0 Å². The first-order valence-electron chi connectivity index (χ1n) is 6.47. The number of rotatable bonds is 3. The van der Waals surface area contributed by atoms with Gasteiger partial charge in [-0.25, -0.2) is 4.98 Å². The Labute approximate surface area is 113 Å². The monoisotopic (exact) mass is 264 g/mol. The molecule has 1 saturated carbocycles. The van der Waals surface area contributed by atoms with Crippen molar-refractivity contribution < 1.29 is 4.74 Å². The summed E-state index contributed by atoms with van der Waals surface area (Å²) < 4.78 is 5.94. The van der Waals surface area contributed by atoms with E-state index in [-0.39, 0.29) is 6.10 Å². The third-order valence-corrected chi connectivity index (χ3v) is 3.73. The molecule has 18 heavy (non-hydrogen) atoms. The molecule has 0 amide bonds. The summed E-state index contributed by atoms with van der Waals surface area (Å²) in [6.45, 7) is 2.19. The van der Waals surface area contributed by atoms with Gasteiger partial charge in [-0.2, -0.15) is 5.26 Å². The minimum atomic E-state index is 0.209. The predicted molar refractivity (Wildman–Crippen MR) is 70.6 cm³/mol. The molecule has 3 nitrogen and oxygen atoms in total. The zero-order chi connectivity index (χ0) is 13.0. The van der Waals surface area contributed by atoms with Gasteiger partial charge in [0.15, 0.2) is 0 Å². The normalized spacial score (nSPS) is 23.4. The van der Waals surface area contributed by atoms with Crippen molar-refractivity contribution in [1.29, 1.82) is 5.26 Å². The zero-order valence-corrected chi connectivity index (χ0v) is 11.3. The SMILES string of the molecule is CCC1CCCCC1Oc1cc(C#N)cc(Cl)n1. The second-order valence-corrected chi connectivity index (χ2v) is 5.12. The van der Waals surface area contributed by atoms with Crippen LogP contribution in [0.25, 0.3) is 0 Å². The van der Waals surface area contributed by atoms with Crippen LogP contribution in [-0.4, -0.2) is 11.1 Å². The molecule has 0 spiro atoms. The van der Waals surface area contributed by atoms with Gasteiger partial charge < -0.3 is 4.74 Å². The molecule has 4 heteroatoms. The highest BCUT2D eigenvalue weighted by molar-refractivity contribution is 6.29. The zero-order valence-electron chi connectivity index (χ0n) is 10.5. The summed E-state index contributed by atoms with van der Waals surface area (Å²) in [5.41, 5.74) is 0.494. The Morgan fingerprint density at radius 2 is 2.22 bits per heavy atom. The first-order chi connectivity index (χ1) is 8.72. The average molecular weight is 265 g/mol. The van der Waals surface area contributed by atoms with E-state index in [4.69, 9.17) is 21.6 Å². The summed E-state index contributed by atoms with van der Waals surface area (Å²) in [6, 6.07) is 5.27. The Kier molecular flexibility index (Phi) is 4.43. The molecular weight excluding hydrogens is 248 g/mol. The summed E-state index contributed by atoms with van der Waals surface area (Å²) in [5, 5.41) is 9.21. The van der Waals surface area contributed by atoms with E-state index in [2.05, 4.69) is 18.0 Å². The van der Waals surface area contributed by atoms with Gasteiger partial charge in [-0.1, -0.05) is 24.9 Å². The van der Waals surface area contributed by atoms with Crippen molar-refractivity contribution in [2.45, 2.75) is 45.1 Å². The molecule has 0 bridgehead atoms. The minimum absolute atomic E-state index is 0.209. The Morgan fingerprint density at radius 3 is 2.94 bits per heavy atom. The van der Waals surface area contributed by atoms with Crippen LogP contribution in [0, 0.1) is 17.2 Å². The van der Waals surface area contributed by atoms with Gasteiger partial charge in [-0.05, 0) is 37.7 Å². The lowest BCUT2D eigenvalue weighted by atomic mass is 9.85. The lowest BCUT2D eigenvalue weighted by molar-refractivity contribution is 0.0858. The summed E-state index contributed by atoms with van der Waals surface area (Å²) >= 11 is 5.87. The molecule has 1 aliphatic rings. The van der Waals surface area contributed by atoms with Gasteiger partial charge in [0.2, 0.25) is 5.88 Å². The molecule has 1 aliphatic carbocycles. The van der Waals surface area contributed by atoms with Gasteiger partial charge in [0.05, 0.1) is 11.6 Å². The van der Waals surface area contributed by atoms with E-state index < -0.39 is 0 Å². The van der Waals surface area contributed by atoms with E-state index >= 15 is 0 Å². The number of nitriles is 1. The van der Waals surface area contributed by atoms with Crippen LogP contribution in [0.5, 0.6) is 5.88 Å². The topological polar surface area (TPSA) is 45.9 Å². The maximum atomic E-state index is 8.90. The fourth-order valence-electron chi connectivity index (χ4n) is 2.55. The van der Waals surface area contributed by atoms with E-state index in [0.29, 0.717) is 22.5 Å². The minimum Gasteiger partial charge on any atom is -0.474 e. The number of nitrogens with zero attached hydrogens (tertiary/aromatic N) is 2.